The van der Waals surface area contributed by atoms with Crippen LogP contribution in [0.2, 0.25) is 0 Å². The maximum atomic E-state index is 11.7. The molecule has 1 aliphatic rings. The molecule has 0 saturated carbocycles. The lowest BCUT2D eigenvalue weighted by Crippen LogP contribution is -2.30. The van der Waals surface area contributed by atoms with E-state index in [1.807, 2.05) is 18.2 Å². The Morgan fingerprint density at radius 1 is 1.12 bits per heavy atom. The highest BCUT2D eigenvalue weighted by atomic mass is 32.1. The van der Waals surface area contributed by atoms with E-state index in [2.05, 4.69) is 23.1 Å². The van der Waals surface area contributed by atoms with Gasteiger partial charge in [-0.15, -0.1) is 11.3 Å². The van der Waals surface area contributed by atoms with Crippen LogP contribution in [-0.2, 0) is 0 Å². The van der Waals surface area contributed by atoms with Gasteiger partial charge < -0.3 is 16.4 Å². The van der Waals surface area contributed by atoms with Gasteiger partial charge in [-0.3, -0.25) is 4.79 Å². The molecule has 25 heavy (non-hydrogen) atoms. The van der Waals surface area contributed by atoms with Gasteiger partial charge in [0, 0.05) is 18.5 Å². The van der Waals surface area contributed by atoms with Crippen LogP contribution in [-0.4, -0.2) is 24.0 Å². The minimum atomic E-state index is -0.501. The van der Waals surface area contributed by atoms with Gasteiger partial charge in [0.1, 0.15) is 15.5 Å². The Morgan fingerprint density at radius 3 is 2.52 bits per heavy atom. The zero-order chi connectivity index (χ0) is 17.4. The number of nitrogen functional groups attached to an aromatic ring is 1. The first-order chi connectivity index (χ1) is 12.1. The fourth-order valence-electron chi connectivity index (χ4n) is 3.42. The Kier molecular flexibility index (Phi) is 4.05. The third-order valence-corrected chi connectivity index (χ3v) is 5.79. The van der Waals surface area contributed by atoms with Crippen LogP contribution in [0.3, 0.4) is 0 Å². The fourth-order valence-corrected chi connectivity index (χ4v) is 4.39. The molecule has 0 spiro atoms. The molecule has 2 aromatic heterocycles. The highest BCUT2D eigenvalue weighted by molar-refractivity contribution is 7.21. The quantitative estimate of drug-likeness (QED) is 0.754. The molecule has 1 fully saturated rings. The standard InChI is InChI=1S/C19H20N4OS/c20-16-15-13(12-7-3-1-4-8-12)11-14(23-9-5-2-6-10-23)22-19(15)25-17(16)18(21)24/h1,3-4,7-8,11H,2,5-6,9-10,20H2,(H2,21,24). The summed E-state index contributed by atoms with van der Waals surface area (Å²) in [5.41, 5.74) is 14.3. The molecule has 0 atom stereocenters. The van der Waals surface area contributed by atoms with Crippen molar-refractivity contribution in [2.24, 2.45) is 5.73 Å². The summed E-state index contributed by atoms with van der Waals surface area (Å²) in [6, 6.07) is 12.2. The molecule has 3 heterocycles. The first-order valence-corrected chi connectivity index (χ1v) is 9.30. The lowest BCUT2D eigenvalue weighted by Gasteiger charge is -2.28. The van der Waals surface area contributed by atoms with Crippen molar-refractivity contribution >= 4 is 39.0 Å². The highest BCUT2D eigenvalue weighted by Gasteiger charge is 2.21. The third-order valence-electron chi connectivity index (χ3n) is 4.67. The number of benzene rings is 1. The second-order valence-corrected chi connectivity index (χ2v) is 7.33. The van der Waals surface area contributed by atoms with Gasteiger partial charge in [0.05, 0.1) is 5.69 Å². The first-order valence-electron chi connectivity index (χ1n) is 8.48. The predicted molar refractivity (Wildman–Crippen MR) is 104 cm³/mol. The largest absolute Gasteiger partial charge is 0.397 e. The van der Waals surface area contributed by atoms with Gasteiger partial charge in [0.15, 0.2) is 0 Å². The molecule has 3 aromatic rings. The molecule has 1 aromatic carbocycles. The second-order valence-electron chi connectivity index (χ2n) is 6.33. The summed E-state index contributed by atoms with van der Waals surface area (Å²) in [4.78, 5) is 20.0. The zero-order valence-electron chi connectivity index (χ0n) is 13.9. The maximum absolute atomic E-state index is 11.7. The first kappa shape index (κ1) is 15.9. The van der Waals surface area contributed by atoms with Crippen LogP contribution in [0.4, 0.5) is 11.5 Å². The molecule has 1 amide bonds. The van der Waals surface area contributed by atoms with E-state index >= 15 is 0 Å². The number of piperidine rings is 1. The number of pyridine rings is 1. The van der Waals surface area contributed by atoms with Crippen LogP contribution in [0.25, 0.3) is 21.3 Å². The van der Waals surface area contributed by atoms with E-state index in [9.17, 15) is 4.79 Å². The van der Waals surface area contributed by atoms with Crippen LogP contribution in [0, 0.1) is 0 Å². The molecule has 0 bridgehead atoms. The van der Waals surface area contributed by atoms with Gasteiger partial charge in [-0.05, 0) is 36.5 Å². The van der Waals surface area contributed by atoms with Crippen molar-refractivity contribution in [1.82, 2.24) is 4.98 Å². The summed E-state index contributed by atoms with van der Waals surface area (Å²) < 4.78 is 0. The summed E-state index contributed by atoms with van der Waals surface area (Å²) in [5, 5.41) is 0.825. The van der Waals surface area contributed by atoms with Gasteiger partial charge in [0.25, 0.3) is 5.91 Å². The van der Waals surface area contributed by atoms with E-state index in [0.717, 1.165) is 40.3 Å². The molecule has 0 radical (unpaired) electrons. The van der Waals surface area contributed by atoms with Crippen molar-refractivity contribution in [3.63, 3.8) is 0 Å². The number of carbonyl (C=O) groups is 1. The van der Waals surface area contributed by atoms with Crippen molar-refractivity contribution in [3.8, 4) is 11.1 Å². The molecule has 0 aliphatic carbocycles. The smallest absolute Gasteiger partial charge is 0.260 e. The lowest BCUT2D eigenvalue weighted by molar-refractivity contribution is 0.100. The highest BCUT2D eigenvalue weighted by Crippen LogP contribution is 2.41. The van der Waals surface area contributed by atoms with Crippen molar-refractivity contribution < 1.29 is 4.79 Å². The number of primary amides is 1. The number of rotatable bonds is 3. The van der Waals surface area contributed by atoms with Crippen molar-refractivity contribution in [2.75, 3.05) is 23.7 Å². The molecular formula is C19H20N4OS. The van der Waals surface area contributed by atoms with E-state index in [1.54, 1.807) is 0 Å². The second kappa shape index (κ2) is 6.37. The van der Waals surface area contributed by atoms with Crippen LogP contribution >= 0.6 is 11.3 Å². The lowest BCUT2D eigenvalue weighted by atomic mass is 10.0. The Labute approximate surface area is 150 Å². The fraction of sp³-hybridized carbons (Fsp3) is 0.263. The average molecular weight is 352 g/mol. The summed E-state index contributed by atoms with van der Waals surface area (Å²) in [6.45, 7) is 2.02. The number of hydrogen-bond donors (Lipinski definition) is 2. The minimum Gasteiger partial charge on any atom is -0.397 e. The molecule has 5 nitrogen and oxygen atoms in total. The third kappa shape index (κ3) is 2.82. The minimum absolute atomic E-state index is 0.385. The van der Waals surface area contributed by atoms with Crippen LogP contribution in [0.1, 0.15) is 28.9 Å². The molecule has 4 rings (SSSR count). The SMILES string of the molecule is NC(=O)c1sc2nc(N3CCCCC3)cc(-c3ccccc3)c2c1N. The van der Waals surface area contributed by atoms with Crippen molar-refractivity contribution in [3.05, 3.63) is 41.3 Å². The summed E-state index contributed by atoms with van der Waals surface area (Å²) in [7, 11) is 0. The topological polar surface area (TPSA) is 85.2 Å². The number of nitrogens with zero attached hydrogens (tertiary/aromatic N) is 2. The number of thiophene rings is 1. The number of nitrogens with two attached hydrogens (primary N) is 2. The molecule has 4 N–H and O–H groups in total. The Hall–Kier alpha value is -2.60. The van der Waals surface area contributed by atoms with E-state index < -0.39 is 5.91 Å². The number of hydrogen-bond acceptors (Lipinski definition) is 5. The molecule has 6 heteroatoms. The number of fused-ring (bicyclic) bond motifs is 1. The van der Waals surface area contributed by atoms with Crippen molar-refractivity contribution in [1.29, 1.82) is 0 Å². The van der Waals surface area contributed by atoms with Crippen molar-refractivity contribution in [2.45, 2.75) is 19.3 Å². The maximum Gasteiger partial charge on any atom is 0.260 e. The molecule has 0 unspecified atom stereocenters. The average Bonchev–Trinajstić information content (AvgIpc) is 2.99. The van der Waals surface area contributed by atoms with Gasteiger partial charge in [0.2, 0.25) is 0 Å². The van der Waals surface area contributed by atoms with E-state index in [4.69, 9.17) is 16.5 Å². The van der Waals surface area contributed by atoms with Gasteiger partial charge in [-0.2, -0.15) is 0 Å². The van der Waals surface area contributed by atoms with E-state index in [-0.39, 0.29) is 0 Å². The summed E-state index contributed by atoms with van der Waals surface area (Å²) >= 11 is 1.28. The van der Waals surface area contributed by atoms with Crippen LogP contribution in [0.15, 0.2) is 36.4 Å². The predicted octanol–water partition coefficient (Wildman–Crippen LogP) is 3.63. The monoisotopic (exact) mass is 352 g/mol. The molecule has 128 valence electrons. The number of anilines is 2. The molecular weight excluding hydrogens is 332 g/mol. The normalized spacial score (nSPS) is 14.8. The van der Waals surface area contributed by atoms with Gasteiger partial charge in [-0.25, -0.2) is 4.98 Å². The number of carbonyl (C=O) groups excluding carboxylic acids is 1. The van der Waals surface area contributed by atoms with Crippen LogP contribution in [0.5, 0.6) is 0 Å². The number of aromatic nitrogens is 1. The number of amides is 1. The van der Waals surface area contributed by atoms with Crippen LogP contribution < -0.4 is 16.4 Å². The summed E-state index contributed by atoms with van der Waals surface area (Å²) in [6.07, 6.45) is 3.63. The summed E-state index contributed by atoms with van der Waals surface area (Å²) in [5.74, 6) is 0.447. The Balaban J connectivity index is 1.96. The zero-order valence-corrected chi connectivity index (χ0v) is 14.7. The Bertz CT molecular complexity index is 929. The van der Waals surface area contributed by atoms with E-state index in [0.29, 0.717) is 10.6 Å². The van der Waals surface area contributed by atoms with Gasteiger partial charge in [-0.1, -0.05) is 30.3 Å². The molecule has 1 saturated heterocycles. The van der Waals surface area contributed by atoms with E-state index in [1.165, 1.54) is 30.6 Å². The van der Waals surface area contributed by atoms with Gasteiger partial charge >= 0.3 is 0 Å². The Morgan fingerprint density at radius 2 is 1.84 bits per heavy atom. The molecule has 1 aliphatic heterocycles.